The molecule has 26 heavy (non-hydrogen) atoms. The molecule has 0 bridgehead atoms. The number of esters is 1. The van der Waals surface area contributed by atoms with E-state index >= 15 is 0 Å². The molecule has 10 heteroatoms. The highest BCUT2D eigenvalue weighted by atomic mass is 79.9. The highest BCUT2D eigenvalue weighted by Crippen LogP contribution is 2.39. The lowest BCUT2D eigenvalue weighted by molar-refractivity contribution is -0.137. The molecule has 2 aromatic rings. The Kier molecular flexibility index (Phi) is 5.92. The maximum Gasteiger partial charge on any atom is 0.417 e. The number of carbonyl (C=O) groups excluding carboxylic acids is 2. The lowest BCUT2D eigenvalue weighted by Crippen LogP contribution is -2.15. The van der Waals surface area contributed by atoms with Crippen LogP contribution >= 0.6 is 27.5 Å². The summed E-state index contributed by atoms with van der Waals surface area (Å²) in [5, 5.41) is 1.66. The number of alkyl halides is 3. The van der Waals surface area contributed by atoms with Gasteiger partial charge in [0, 0.05) is 10.0 Å². The summed E-state index contributed by atoms with van der Waals surface area (Å²) in [7, 11) is 1.08. The summed E-state index contributed by atoms with van der Waals surface area (Å²) in [5.74, 6) is -2.68. The van der Waals surface area contributed by atoms with Gasteiger partial charge in [0.1, 0.15) is 5.82 Å². The van der Waals surface area contributed by atoms with Gasteiger partial charge in [-0.3, -0.25) is 4.79 Å². The van der Waals surface area contributed by atoms with Crippen LogP contribution in [0.15, 0.2) is 34.8 Å². The highest BCUT2D eigenvalue weighted by Gasteiger charge is 2.34. The fourth-order valence-corrected chi connectivity index (χ4v) is 2.86. The van der Waals surface area contributed by atoms with Crippen molar-refractivity contribution in [1.82, 2.24) is 0 Å². The minimum Gasteiger partial charge on any atom is -0.465 e. The van der Waals surface area contributed by atoms with Crippen LogP contribution in [0.5, 0.6) is 0 Å². The first-order valence-corrected chi connectivity index (χ1v) is 7.96. The van der Waals surface area contributed by atoms with Gasteiger partial charge < -0.3 is 10.1 Å². The fourth-order valence-electron chi connectivity index (χ4n) is 2.01. The van der Waals surface area contributed by atoms with Crippen LogP contribution in [-0.2, 0) is 10.9 Å². The summed E-state index contributed by atoms with van der Waals surface area (Å²) in [6.07, 6.45) is -4.73. The Morgan fingerprint density at radius 2 is 1.73 bits per heavy atom. The normalized spacial score (nSPS) is 11.2. The van der Waals surface area contributed by atoms with E-state index in [2.05, 4.69) is 26.0 Å². The summed E-state index contributed by atoms with van der Waals surface area (Å²) >= 11 is 8.57. The third-order valence-electron chi connectivity index (χ3n) is 3.19. The quantitative estimate of drug-likeness (QED) is 0.506. The molecule has 2 rings (SSSR count). The predicted molar refractivity (Wildman–Crippen MR) is 89.8 cm³/mol. The van der Waals surface area contributed by atoms with Crippen molar-refractivity contribution in [3.05, 3.63) is 62.3 Å². The van der Waals surface area contributed by atoms with Crippen molar-refractivity contribution in [3.8, 4) is 0 Å². The van der Waals surface area contributed by atoms with Gasteiger partial charge in [0.15, 0.2) is 0 Å². The predicted octanol–water partition coefficient (Wildman–Crippen LogP) is 5.30. The van der Waals surface area contributed by atoms with Gasteiger partial charge in [0.05, 0.1) is 28.9 Å². The molecular formula is C16H9BrClF4NO3. The first-order chi connectivity index (χ1) is 12.0. The Labute approximate surface area is 158 Å². The van der Waals surface area contributed by atoms with Crippen molar-refractivity contribution in [1.29, 1.82) is 0 Å². The molecule has 0 saturated heterocycles. The second-order valence-corrected chi connectivity index (χ2v) is 6.25. The summed E-state index contributed by atoms with van der Waals surface area (Å²) in [4.78, 5) is 23.7. The van der Waals surface area contributed by atoms with E-state index in [1.807, 2.05) is 0 Å². The van der Waals surface area contributed by atoms with Crippen LogP contribution in [0.4, 0.5) is 23.2 Å². The van der Waals surface area contributed by atoms with Crippen LogP contribution in [0.3, 0.4) is 0 Å². The fraction of sp³-hybridized carbons (Fsp3) is 0.125. The molecule has 0 unspecified atom stereocenters. The molecule has 0 fully saturated rings. The number of nitrogens with one attached hydrogen (secondary N) is 1. The van der Waals surface area contributed by atoms with Crippen LogP contribution in [-0.4, -0.2) is 19.0 Å². The SMILES string of the molecule is COC(=O)c1cc(F)cc(C(=O)Nc2cc(C(F)(F)F)c(Cl)cc2Br)c1. The number of amides is 1. The number of anilines is 1. The van der Waals surface area contributed by atoms with E-state index in [1.54, 1.807) is 0 Å². The standard InChI is InChI=1S/C16H9BrClF4NO3/c1-26-15(25)8-2-7(3-9(19)4-8)14(24)23-13-5-10(16(20,21)22)12(18)6-11(13)17/h2-6H,1H3,(H,23,24). The van der Waals surface area contributed by atoms with Crippen LogP contribution in [0.2, 0.25) is 5.02 Å². The maximum atomic E-state index is 13.6. The maximum absolute atomic E-state index is 13.6. The van der Waals surface area contributed by atoms with Crippen molar-refractivity contribution in [2.75, 3.05) is 12.4 Å². The summed E-state index contributed by atoms with van der Waals surface area (Å²) in [6, 6.07) is 4.37. The van der Waals surface area contributed by atoms with Gasteiger partial charge in [-0.15, -0.1) is 0 Å². The van der Waals surface area contributed by atoms with Crippen molar-refractivity contribution < 1.29 is 31.9 Å². The summed E-state index contributed by atoms with van der Waals surface area (Å²) < 4.78 is 57.0. The minimum atomic E-state index is -4.73. The van der Waals surface area contributed by atoms with E-state index in [4.69, 9.17) is 11.6 Å². The van der Waals surface area contributed by atoms with Gasteiger partial charge in [0.2, 0.25) is 0 Å². The highest BCUT2D eigenvalue weighted by molar-refractivity contribution is 9.10. The molecule has 0 aliphatic rings. The molecule has 0 aliphatic heterocycles. The Bertz CT molecular complexity index is 887. The van der Waals surface area contributed by atoms with E-state index < -0.39 is 34.5 Å². The second-order valence-electron chi connectivity index (χ2n) is 4.98. The Morgan fingerprint density at radius 1 is 1.12 bits per heavy atom. The van der Waals surface area contributed by atoms with Gasteiger partial charge >= 0.3 is 12.1 Å². The molecule has 1 N–H and O–H groups in total. The van der Waals surface area contributed by atoms with E-state index in [-0.39, 0.29) is 21.3 Å². The summed E-state index contributed by atoms with van der Waals surface area (Å²) in [6.45, 7) is 0. The second kappa shape index (κ2) is 7.63. The number of rotatable bonds is 3. The molecular weight excluding hydrogens is 446 g/mol. The summed E-state index contributed by atoms with van der Waals surface area (Å²) in [5.41, 5.74) is -1.87. The topological polar surface area (TPSA) is 55.4 Å². The molecule has 4 nitrogen and oxygen atoms in total. The molecule has 138 valence electrons. The average Bonchev–Trinajstić information content (AvgIpc) is 2.54. The molecule has 2 aromatic carbocycles. The lowest BCUT2D eigenvalue weighted by Gasteiger charge is -2.14. The van der Waals surface area contributed by atoms with Crippen molar-refractivity contribution in [3.63, 3.8) is 0 Å². The number of carbonyl (C=O) groups is 2. The average molecular weight is 455 g/mol. The van der Waals surface area contributed by atoms with Crippen LogP contribution in [0.1, 0.15) is 26.3 Å². The zero-order valence-corrected chi connectivity index (χ0v) is 15.2. The van der Waals surface area contributed by atoms with Crippen molar-refractivity contribution in [2.45, 2.75) is 6.18 Å². The molecule has 0 aromatic heterocycles. The Hall–Kier alpha value is -2.13. The minimum absolute atomic E-state index is 0.0912. The van der Waals surface area contributed by atoms with Crippen molar-refractivity contribution in [2.24, 2.45) is 0 Å². The number of hydrogen-bond acceptors (Lipinski definition) is 3. The molecule has 0 radical (unpaired) electrons. The van der Waals surface area contributed by atoms with Gasteiger partial charge in [-0.05, 0) is 46.3 Å². The molecule has 0 heterocycles. The zero-order chi connectivity index (χ0) is 19.6. The van der Waals surface area contributed by atoms with Crippen LogP contribution < -0.4 is 5.32 Å². The first kappa shape index (κ1) is 20.2. The van der Waals surface area contributed by atoms with E-state index in [0.29, 0.717) is 6.07 Å². The van der Waals surface area contributed by atoms with Crippen molar-refractivity contribution >= 4 is 45.1 Å². The lowest BCUT2D eigenvalue weighted by atomic mass is 10.1. The van der Waals surface area contributed by atoms with Gasteiger partial charge in [-0.2, -0.15) is 13.2 Å². The molecule has 1 amide bonds. The number of benzene rings is 2. The number of hydrogen-bond donors (Lipinski definition) is 1. The third kappa shape index (κ3) is 4.53. The smallest absolute Gasteiger partial charge is 0.417 e. The van der Waals surface area contributed by atoms with Gasteiger partial charge in [-0.25, -0.2) is 9.18 Å². The first-order valence-electron chi connectivity index (χ1n) is 6.79. The molecule has 0 aliphatic carbocycles. The Balaban J connectivity index is 2.39. The molecule has 0 saturated carbocycles. The van der Waals surface area contributed by atoms with Crippen LogP contribution in [0, 0.1) is 5.82 Å². The van der Waals surface area contributed by atoms with Crippen LogP contribution in [0.25, 0.3) is 0 Å². The number of halogens is 6. The van der Waals surface area contributed by atoms with Gasteiger partial charge in [-0.1, -0.05) is 11.6 Å². The number of methoxy groups -OCH3 is 1. The largest absolute Gasteiger partial charge is 0.465 e. The zero-order valence-electron chi connectivity index (χ0n) is 12.9. The third-order valence-corrected chi connectivity index (χ3v) is 4.16. The van der Waals surface area contributed by atoms with E-state index in [0.717, 1.165) is 31.4 Å². The number of ether oxygens (including phenoxy) is 1. The Morgan fingerprint density at radius 3 is 2.31 bits per heavy atom. The van der Waals surface area contributed by atoms with E-state index in [9.17, 15) is 27.2 Å². The molecule has 0 atom stereocenters. The monoisotopic (exact) mass is 453 g/mol. The van der Waals surface area contributed by atoms with E-state index in [1.165, 1.54) is 0 Å². The molecule has 0 spiro atoms. The van der Waals surface area contributed by atoms with Gasteiger partial charge in [0.25, 0.3) is 5.91 Å².